The Morgan fingerprint density at radius 3 is 1.20 bits per heavy atom. The second-order valence-corrected chi connectivity index (χ2v) is 5.37. The van der Waals surface area contributed by atoms with Crippen LogP contribution in [-0.4, -0.2) is 45.1 Å². The van der Waals surface area contributed by atoms with E-state index in [4.69, 9.17) is 20.4 Å². The summed E-state index contributed by atoms with van der Waals surface area (Å²) in [6, 6.07) is 13.5. The van der Waals surface area contributed by atoms with E-state index in [1.807, 2.05) is 13.8 Å². The molecule has 136 valence electrons. The number of rotatable bonds is 3. The highest BCUT2D eigenvalue weighted by molar-refractivity contribution is 5.87. The minimum Gasteiger partial charge on any atom is -0.478 e. The summed E-state index contributed by atoms with van der Waals surface area (Å²) in [5, 5.41) is 33.0. The summed E-state index contributed by atoms with van der Waals surface area (Å²) in [5.41, 5.74) is 2.83. The van der Waals surface area contributed by atoms with Crippen LogP contribution in [0.2, 0.25) is 0 Å². The Morgan fingerprint density at radius 2 is 1.04 bits per heavy atom. The molecular formula is C19H24O6. The predicted octanol–water partition coefficient (Wildman–Crippen LogP) is 2.75. The highest BCUT2D eigenvalue weighted by atomic mass is 16.4. The number of hydrogen-bond acceptors (Lipinski definition) is 4. The molecule has 2 aromatic rings. The van der Waals surface area contributed by atoms with Crippen LogP contribution >= 0.6 is 0 Å². The van der Waals surface area contributed by atoms with Gasteiger partial charge in [-0.25, -0.2) is 9.59 Å². The van der Waals surface area contributed by atoms with Gasteiger partial charge in [-0.3, -0.25) is 0 Å². The van der Waals surface area contributed by atoms with Gasteiger partial charge in [-0.05, 0) is 45.0 Å². The van der Waals surface area contributed by atoms with Crippen LogP contribution in [0, 0.1) is 13.8 Å². The van der Waals surface area contributed by atoms with Crippen molar-refractivity contribution in [2.75, 3.05) is 6.61 Å². The second kappa shape index (κ2) is 11.8. The van der Waals surface area contributed by atoms with Crippen molar-refractivity contribution in [3.05, 3.63) is 70.8 Å². The van der Waals surface area contributed by atoms with Gasteiger partial charge in [0.1, 0.15) is 0 Å². The van der Waals surface area contributed by atoms with E-state index < -0.39 is 18.0 Å². The summed E-state index contributed by atoms with van der Waals surface area (Å²) in [7, 11) is 0. The highest BCUT2D eigenvalue weighted by Gasteiger charge is 1.99. The number of carboxylic acids is 2. The largest absolute Gasteiger partial charge is 0.478 e. The number of aliphatic hydroxyl groups excluding tert-OH is 2. The molecule has 0 fully saturated rings. The molecule has 4 N–H and O–H groups in total. The molecule has 0 spiro atoms. The van der Waals surface area contributed by atoms with E-state index in [0.717, 1.165) is 11.1 Å². The Hall–Kier alpha value is -2.70. The van der Waals surface area contributed by atoms with Crippen molar-refractivity contribution in [1.82, 2.24) is 0 Å². The lowest BCUT2D eigenvalue weighted by molar-refractivity contribution is 0.0686. The van der Waals surface area contributed by atoms with Crippen molar-refractivity contribution in [3.8, 4) is 0 Å². The molecule has 6 heteroatoms. The van der Waals surface area contributed by atoms with Gasteiger partial charge in [-0.15, -0.1) is 0 Å². The van der Waals surface area contributed by atoms with Gasteiger partial charge in [0, 0.05) is 0 Å². The molecule has 2 aromatic carbocycles. The van der Waals surface area contributed by atoms with Gasteiger partial charge >= 0.3 is 11.9 Å². The third-order valence-corrected chi connectivity index (χ3v) is 2.86. The van der Waals surface area contributed by atoms with Gasteiger partial charge in [-0.1, -0.05) is 35.4 Å². The first-order valence-electron chi connectivity index (χ1n) is 7.56. The molecule has 0 saturated heterocycles. The molecule has 0 heterocycles. The number of benzene rings is 2. The topological polar surface area (TPSA) is 115 Å². The van der Waals surface area contributed by atoms with Crippen molar-refractivity contribution >= 4 is 11.9 Å². The number of carboxylic acid groups (broad SMARTS) is 2. The van der Waals surface area contributed by atoms with Crippen LogP contribution in [0.15, 0.2) is 48.5 Å². The fourth-order valence-electron chi connectivity index (χ4n) is 1.39. The first-order valence-corrected chi connectivity index (χ1v) is 7.56. The number of aryl methyl sites for hydroxylation is 2. The fourth-order valence-corrected chi connectivity index (χ4v) is 1.39. The van der Waals surface area contributed by atoms with Crippen LogP contribution in [0.1, 0.15) is 38.8 Å². The van der Waals surface area contributed by atoms with Gasteiger partial charge in [0.2, 0.25) is 0 Å². The summed E-state index contributed by atoms with van der Waals surface area (Å²) >= 11 is 0. The molecule has 0 bridgehead atoms. The average Bonchev–Trinajstić information content (AvgIpc) is 2.56. The van der Waals surface area contributed by atoms with E-state index in [1.54, 1.807) is 48.5 Å². The lowest BCUT2D eigenvalue weighted by atomic mass is 10.2. The summed E-state index contributed by atoms with van der Waals surface area (Å²) < 4.78 is 0. The molecule has 1 unspecified atom stereocenters. The maximum Gasteiger partial charge on any atom is 0.335 e. The Bertz CT molecular complexity index is 589. The van der Waals surface area contributed by atoms with Gasteiger partial charge in [0.05, 0.1) is 23.8 Å². The molecular weight excluding hydrogens is 324 g/mol. The molecule has 0 saturated carbocycles. The molecule has 0 aliphatic heterocycles. The monoisotopic (exact) mass is 348 g/mol. The summed E-state index contributed by atoms with van der Waals surface area (Å²) in [4.78, 5) is 20.6. The molecule has 0 radical (unpaired) electrons. The first-order chi connectivity index (χ1) is 11.7. The Labute approximate surface area is 147 Å². The number of hydrogen-bond donors (Lipinski definition) is 4. The minimum absolute atomic E-state index is 0.139. The van der Waals surface area contributed by atoms with Crippen molar-refractivity contribution in [2.24, 2.45) is 0 Å². The number of carbonyl (C=O) groups is 2. The zero-order valence-electron chi connectivity index (χ0n) is 14.5. The Kier molecular flexibility index (Phi) is 10.5. The van der Waals surface area contributed by atoms with Crippen molar-refractivity contribution < 1.29 is 30.0 Å². The molecule has 1 atom stereocenters. The SMILES string of the molecule is CC(O)CO.Cc1ccc(C(=O)O)cc1.Cc1ccc(C(=O)O)cc1. The van der Waals surface area contributed by atoms with Crippen molar-refractivity contribution in [3.63, 3.8) is 0 Å². The van der Waals surface area contributed by atoms with Crippen LogP contribution in [0.25, 0.3) is 0 Å². The molecule has 2 rings (SSSR count). The first kappa shape index (κ1) is 22.3. The van der Waals surface area contributed by atoms with Gasteiger partial charge in [0.25, 0.3) is 0 Å². The van der Waals surface area contributed by atoms with E-state index in [2.05, 4.69) is 0 Å². The summed E-state index contributed by atoms with van der Waals surface area (Å²) in [6.07, 6.45) is -0.560. The number of aliphatic hydroxyl groups is 2. The molecule has 0 aliphatic carbocycles. The van der Waals surface area contributed by atoms with Gasteiger partial charge < -0.3 is 20.4 Å². The zero-order chi connectivity index (χ0) is 19.4. The van der Waals surface area contributed by atoms with E-state index in [0.29, 0.717) is 11.1 Å². The Morgan fingerprint density at radius 1 is 0.800 bits per heavy atom. The molecule has 0 aliphatic rings. The van der Waals surface area contributed by atoms with Crippen LogP contribution in [-0.2, 0) is 0 Å². The number of aromatic carboxylic acids is 2. The average molecular weight is 348 g/mol. The quantitative estimate of drug-likeness (QED) is 0.678. The third kappa shape index (κ3) is 10.6. The molecule has 6 nitrogen and oxygen atoms in total. The van der Waals surface area contributed by atoms with Crippen LogP contribution in [0.3, 0.4) is 0 Å². The van der Waals surface area contributed by atoms with Crippen LogP contribution in [0.4, 0.5) is 0 Å². The normalized spacial score (nSPS) is 10.4. The maximum absolute atomic E-state index is 10.3. The van der Waals surface area contributed by atoms with Crippen LogP contribution < -0.4 is 0 Å². The van der Waals surface area contributed by atoms with E-state index >= 15 is 0 Å². The molecule has 0 amide bonds. The lowest BCUT2D eigenvalue weighted by Gasteiger charge is -1.92. The van der Waals surface area contributed by atoms with Gasteiger partial charge in [-0.2, -0.15) is 0 Å². The van der Waals surface area contributed by atoms with Crippen LogP contribution in [0.5, 0.6) is 0 Å². The predicted molar refractivity (Wildman–Crippen MR) is 95.0 cm³/mol. The highest BCUT2D eigenvalue weighted by Crippen LogP contribution is 2.02. The second-order valence-electron chi connectivity index (χ2n) is 5.37. The summed E-state index contributed by atoms with van der Waals surface area (Å²) in [5.74, 6) is -1.75. The van der Waals surface area contributed by atoms with E-state index in [1.165, 1.54) is 6.92 Å². The van der Waals surface area contributed by atoms with Crippen molar-refractivity contribution in [2.45, 2.75) is 26.9 Å². The maximum atomic E-state index is 10.3. The standard InChI is InChI=1S/2C8H8O2.C3H8O2/c2*1-6-2-4-7(5-3-6)8(9)10;1-3(5)2-4/h2*2-5H,1H3,(H,9,10);3-5H,2H2,1H3. The molecule has 0 aromatic heterocycles. The Balaban J connectivity index is 0.000000368. The third-order valence-electron chi connectivity index (χ3n) is 2.86. The van der Waals surface area contributed by atoms with E-state index in [9.17, 15) is 9.59 Å². The molecule has 25 heavy (non-hydrogen) atoms. The lowest BCUT2D eigenvalue weighted by Crippen LogP contribution is -2.03. The zero-order valence-corrected chi connectivity index (χ0v) is 14.5. The van der Waals surface area contributed by atoms with Crippen molar-refractivity contribution in [1.29, 1.82) is 0 Å². The van der Waals surface area contributed by atoms with Gasteiger partial charge in [0.15, 0.2) is 0 Å². The smallest absolute Gasteiger partial charge is 0.335 e. The minimum atomic E-state index is -0.875. The van der Waals surface area contributed by atoms with E-state index in [-0.39, 0.29) is 6.61 Å². The fraction of sp³-hybridized carbons (Fsp3) is 0.263. The summed E-state index contributed by atoms with van der Waals surface area (Å²) in [6.45, 7) is 5.23.